The van der Waals surface area contributed by atoms with Crippen LogP contribution in [-0.2, 0) is 0 Å². The lowest BCUT2D eigenvalue weighted by molar-refractivity contribution is 0.0698. The van der Waals surface area contributed by atoms with Crippen molar-refractivity contribution in [1.82, 2.24) is 0 Å². The highest BCUT2D eigenvalue weighted by Crippen LogP contribution is 2.26. The summed E-state index contributed by atoms with van der Waals surface area (Å²) in [6.45, 7) is 0. The van der Waals surface area contributed by atoms with Crippen LogP contribution in [0.4, 0.5) is 15.8 Å². The third kappa shape index (κ3) is 3.24. The van der Waals surface area contributed by atoms with Crippen LogP contribution in [0.3, 0.4) is 0 Å². The maximum Gasteiger partial charge on any atom is 0.337 e. The van der Waals surface area contributed by atoms with Crippen LogP contribution >= 0.6 is 27.5 Å². The summed E-state index contributed by atoms with van der Waals surface area (Å²) in [5.41, 5.74) is 0.819. The maximum absolute atomic E-state index is 13.4. The first-order chi connectivity index (χ1) is 8.97. The molecular formula is C13H8BrClFNO2. The van der Waals surface area contributed by atoms with Gasteiger partial charge in [0.2, 0.25) is 0 Å². The van der Waals surface area contributed by atoms with E-state index in [-0.39, 0.29) is 5.56 Å². The molecular weight excluding hydrogens is 337 g/mol. The molecule has 2 N–H and O–H groups in total. The van der Waals surface area contributed by atoms with Crippen LogP contribution in [0.15, 0.2) is 40.9 Å². The summed E-state index contributed by atoms with van der Waals surface area (Å²) in [6.07, 6.45) is 0. The fraction of sp³-hybridized carbons (Fsp3) is 0. The Balaban J connectivity index is 2.37. The van der Waals surface area contributed by atoms with E-state index in [2.05, 4.69) is 21.2 Å². The van der Waals surface area contributed by atoms with E-state index < -0.39 is 11.8 Å². The Morgan fingerprint density at radius 2 is 2.00 bits per heavy atom. The summed E-state index contributed by atoms with van der Waals surface area (Å²) in [7, 11) is 0. The Bertz CT molecular complexity index is 649. The summed E-state index contributed by atoms with van der Waals surface area (Å²) in [6, 6.07) is 8.87. The molecule has 0 aliphatic carbocycles. The van der Waals surface area contributed by atoms with Gasteiger partial charge in [0.25, 0.3) is 0 Å². The third-order valence-corrected chi connectivity index (χ3v) is 3.29. The highest BCUT2D eigenvalue weighted by atomic mass is 79.9. The van der Waals surface area contributed by atoms with Gasteiger partial charge in [-0.05, 0) is 52.3 Å². The van der Waals surface area contributed by atoms with Crippen LogP contribution in [0, 0.1) is 5.82 Å². The Morgan fingerprint density at radius 1 is 1.26 bits per heavy atom. The van der Waals surface area contributed by atoms with Gasteiger partial charge < -0.3 is 10.4 Å². The predicted octanol–water partition coefficient (Wildman–Crippen LogP) is 4.68. The van der Waals surface area contributed by atoms with E-state index in [0.717, 1.165) is 0 Å². The molecule has 0 radical (unpaired) electrons. The molecule has 2 aromatic rings. The molecule has 0 saturated carbocycles. The SMILES string of the molecule is O=C(O)c1cc(Cl)ccc1Nc1ccc(Br)c(F)c1. The number of aromatic carboxylic acids is 1. The van der Waals surface area contributed by atoms with E-state index in [4.69, 9.17) is 16.7 Å². The number of hydrogen-bond acceptors (Lipinski definition) is 2. The van der Waals surface area contributed by atoms with Gasteiger partial charge in [0.1, 0.15) is 5.82 Å². The molecule has 0 aliphatic heterocycles. The largest absolute Gasteiger partial charge is 0.478 e. The highest BCUT2D eigenvalue weighted by molar-refractivity contribution is 9.10. The minimum absolute atomic E-state index is 0.0239. The average Bonchev–Trinajstić information content (AvgIpc) is 2.36. The van der Waals surface area contributed by atoms with Crippen LogP contribution in [0.5, 0.6) is 0 Å². The summed E-state index contributed by atoms with van der Waals surface area (Å²) < 4.78 is 13.7. The summed E-state index contributed by atoms with van der Waals surface area (Å²) in [4.78, 5) is 11.1. The standard InChI is InChI=1S/C13H8BrClFNO2/c14-10-3-2-8(6-11(10)16)17-12-4-1-7(15)5-9(12)13(18)19/h1-6,17H,(H,18,19). The smallest absolute Gasteiger partial charge is 0.337 e. The van der Waals surface area contributed by atoms with Crippen molar-refractivity contribution in [1.29, 1.82) is 0 Å². The topological polar surface area (TPSA) is 49.3 Å². The zero-order valence-electron chi connectivity index (χ0n) is 9.45. The lowest BCUT2D eigenvalue weighted by atomic mass is 10.1. The number of hydrogen-bond donors (Lipinski definition) is 2. The molecule has 0 aromatic heterocycles. The first-order valence-electron chi connectivity index (χ1n) is 5.22. The molecule has 0 aliphatic rings. The Hall–Kier alpha value is -1.59. The third-order valence-electron chi connectivity index (χ3n) is 2.41. The van der Waals surface area contributed by atoms with E-state index >= 15 is 0 Å². The molecule has 2 rings (SSSR count). The molecule has 0 unspecified atom stereocenters. The second-order valence-corrected chi connectivity index (χ2v) is 5.04. The lowest BCUT2D eigenvalue weighted by Crippen LogP contribution is -2.02. The molecule has 6 heteroatoms. The number of rotatable bonds is 3. The van der Waals surface area contributed by atoms with Crippen LogP contribution < -0.4 is 5.32 Å². The van der Waals surface area contributed by atoms with Gasteiger partial charge in [0, 0.05) is 10.7 Å². The summed E-state index contributed by atoms with van der Waals surface area (Å²) in [5, 5.41) is 12.3. The van der Waals surface area contributed by atoms with Crippen LogP contribution in [-0.4, -0.2) is 11.1 Å². The Morgan fingerprint density at radius 3 is 2.63 bits per heavy atom. The van der Waals surface area contributed by atoms with Crippen molar-refractivity contribution < 1.29 is 14.3 Å². The highest BCUT2D eigenvalue weighted by Gasteiger charge is 2.11. The first-order valence-corrected chi connectivity index (χ1v) is 6.39. The predicted molar refractivity (Wildman–Crippen MR) is 75.8 cm³/mol. The zero-order valence-corrected chi connectivity index (χ0v) is 11.8. The summed E-state index contributed by atoms with van der Waals surface area (Å²) >= 11 is 8.80. The number of nitrogens with one attached hydrogen (secondary N) is 1. The number of halogens is 3. The molecule has 0 fully saturated rings. The second kappa shape index (κ2) is 5.59. The zero-order chi connectivity index (χ0) is 14.0. The van der Waals surface area contributed by atoms with E-state index in [9.17, 15) is 9.18 Å². The first kappa shape index (κ1) is 13.8. The van der Waals surface area contributed by atoms with Crippen molar-refractivity contribution in [2.75, 3.05) is 5.32 Å². The van der Waals surface area contributed by atoms with Gasteiger partial charge in [0.05, 0.1) is 15.7 Å². The molecule has 19 heavy (non-hydrogen) atoms. The van der Waals surface area contributed by atoms with Crippen LogP contribution in [0.1, 0.15) is 10.4 Å². The number of anilines is 2. The normalized spacial score (nSPS) is 10.3. The van der Waals surface area contributed by atoms with Crippen molar-refractivity contribution in [2.24, 2.45) is 0 Å². The van der Waals surface area contributed by atoms with Gasteiger partial charge in [-0.25, -0.2) is 9.18 Å². The van der Waals surface area contributed by atoms with Crippen molar-refractivity contribution in [2.45, 2.75) is 0 Å². The maximum atomic E-state index is 13.4. The van der Waals surface area contributed by atoms with Crippen LogP contribution in [0.2, 0.25) is 5.02 Å². The molecule has 0 atom stereocenters. The number of carboxylic acids is 1. The van der Waals surface area contributed by atoms with Crippen molar-refractivity contribution in [3.63, 3.8) is 0 Å². The van der Waals surface area contributed by atoms with Gasteiger partial charge in [-0.15, -0.1) is 0 Å². The molecule has 2 aromatic carbocycles. The van der Waals surface area contributed by atoms with Gasteiger partial charge in [0.15, 0.2) is 0 Å². The van der Waals surface area contributed by atoms with Crippen molar-refractivity contribution >= 4 is 44.9 Å². The Labute approximate surface area is 122 Å². The van der Waals surface area contributed by atoms with E-state index in [1.165, 1.54) is 24.3 Å². The molecule has 3 nitrogen and oxygen atoms in total. The molecule has 98 valence electrons. The number of carbonyl (C=O) groups is 1. The monoisotopic (exact) mass is 343 g/mol. The van der Waals surface area contributed by atoms with E-state index in [1.807, 2.05) is 0 Å². The number of carboxylic acid groups (broad SMARTS) is 1. The number of benzene rings is 2. The van der Waals surface area contributed by atoms with Gasteiger partial charge in [-0.2, -0.15) is 0 Å². The fourth-order valence-electron chi connectivity index (χ4n) is 1.53. The van der Waals surface area contributed by atoms with E-state index in [0.29, 0.717) is 20.9 Å². The summed E-state index contributed by atoms with van der Waals surface area (Å²) in [5.74, 6) is -1.54. The van der Waals surface area contributed by atoms with E-state index in [1.54, 1.807) is 12.1 Å². The Kier molecular flexibility index (Phi) is 4.07. The second-order valence-electron chi connectivity index (χ2n) is 3.75. The minimum Gasteiger partial charge on any atom is -0.478 e. The van der Waals surface area contributed by atoms with Gasteiger partial charge in [-0.1, -0.05) is 11.6 Å². The minimum atomic E-state index is -1.11. The molecule has 0 amide bonds. The lowest BCUT2D eigenvalue weighted by Gasteiger charge is -2.10. The molecule has 0 spiro atoms. The van der Waals surface area contributed by atoms with Crippen LogP contribution in [0.25, 0.3) is 0 Å². The van der Waals surface area contributed by atoms with Gasteiger partial charge >= 0.3 is 5.97 Å². The molecule has 0 bridgehead atoms. The quantitative estimate of drug-likeness (QED) is 0.849. The average molecular weight is 345 g/mol. The molecule has 0 saturated heterocycles. The van der Waals surface area contributed by atoms with Gasteiger partial charge in [-0.3, -0.25) is 0 Å². The van der Waals surface area contributed by atoms with Crippen molar-refractivity contribution in [3.8, 4) is 0 Å². The van der Waals surface area contributed by atoms with Crippen molar-refractivity contribution in [3.05, 3.63) is 57.3 Å². The molecule has 0 heterocycles. The fourth-order valence-corrected chi connectivity index (χ4v) is 1.95.